The molecule has 2 heterocycles. The minimum atomic E-state index is -0.0822. The van der Waals surface area contributed by atoms with Crippen molar-refractivity contribution in [2.24, 2.45) is 0 Å². The maximum absolute atomic E-state index is 13.0. The Morgan fingerprint density at radius 1 is 1.04 bits per heavy atom. The van der Waals surface area contributed by atoms with Crippen molar-refractivity contribution < 1.29 is 14.3 Å². The molecule has 1 aromatic carbocycles. The Morgan fingerprint density at radius 2 is 1.79 bits per heavy atom. The lowest BCUT2D eigenvalue weighted by atomic mass is 10.0. The fourth-order valence-corrected chi connectivity index (χ4v) is 3.76. The second-order valence-corrected chi connectivity index (χ2v) is 7.40. The van der Waals surface area contributed by atoms with E-state index in [-0.39, 0.29) is 17.5 Å². The number of carbonyl (C=O) groups is 1. The number of methoxy groups -OCH3 is 2. The molecule has 0 spiro atoms. The summed E-state index contributed by atoms with van der Waals surface area (Å²) in [6.45, 7) is 1.15. The average molecular weight is 383 g/mol. The highest BCUT2D eigenvalue weighted by Crippen LogP contribution is 2.38. The minimum Gasteiger partial charge on any atom is -0.497 e. The maximum Gasteiger partial charge on any atom is 0.267 e. The highest BCUT2D eigenvalue weighted by molar-refractivity contribution is 5.97. The number of hydrogen-bond donors (Lipinski definition) is 0. The number of rotatable bonds is 5. The molecule has 1 aromatic heterocycles. The van der Waals surface area contributed by atoms with Gasteiger partial charge in [0.2, 0.25) is 0 Å². The average Bonchev–Trinajstić information content (AvgIpc) is 3.58. The molecule has 2 aliphatic rings. The first kappa shape index (κ1) is 18.5. The van der Waals surface area contributed by atoms with Gasteiger partial charge in [0.1, 0.15) is 11.5 Å². The summed E-state index contributed by atoms with van der Waals surface area (Å²) in [6, 6.07) is 8.72. The quantitative estimate of drug-likeness (QED) is 0.794. The maximum atomic E-state index is 13.0. The summed E-state index contributed by atoms with van der Waals surface area (Å²) >= 11 is 0. The van der Waals surface area contributed by atoms with Gasteiger partial charge in [0, 0.05) is 25.1 Å². The van der Waals surface area contributed by atoms with E-state index in [0.29, 0.717) is 48.9 Å². The van der Waals surface area contributed by atoms with Gasteiger partial charge < -0.3 is 14.4 Å². The van der Waals surface area contributed by atoms with Crippen LogP contribution in [0.1, 0.15) is 53.7 Å². The molecule has 2 fully saturated rings. The van der Waals surface area contributed by atoms with Gasteiger partial charge in [-0.15, -0.1) is 0 Å². The van der Waals surface area contributed by atoms with E-state index in [4.69, 9.17) is 9.47 Å². The van der Waals surface area contributed by atoms with Gasteiger partial charge in [-0.25, -0.2) is 4.68 Å². The number of piperidine rings is 1. The van der Waals surface area contributed by atoms with Crippen molar-refractivity contribution in [3.05, 3.63) is 51.9 Å². The minimum absolute atomic E-state index is 0.0301. The molecular formula is C21H25N3O4. The summed E-state index contributed by atoms with van der Waals surface area (Å²) in [4.78, 5) is 27.1. The zero-order valence-corrected chi connectivity index (χ0v) is 16.3. The van der Waals surface area contributed by atoms with Crippen molar-refractivity contribution in [2.75, 3.05) is 27.3 Å². The Hall–Kier alpha value is -2.83. The van der Waals surface area contributed by atoms with E-state index in [1.807, 2.05) is 11.0 Å². The van der Waals surface area contributed by atoms with Gasteiger partial charge >= 0.3 is 0 Å². The van der Waals surface area contributed by atoms with Crippen LogP contribution in [-0.4, -0.2) is 47.9 Å². The molecule has 148 valence electrons. The number of aromatic nitrogens is 2. The molecule has 1 saturated heterocycles. The molecule has 0 unspecified atom stereocenters. The van der Waals surface area contributed by atoms with E-state index in [1.54, 1.807) is 43.2 Å². The molecule has 0 radical (unpaired) electrons. The number of likely N-dealkylation sites (tertiary alicyclic amines) is 1. The van der Waals surface area contributed by atoms with Crippen molar-refractivity contribution >= 4 is 5.91 Å². The first-order valence-corrected chi connectivity index (χ1v) is 9.71. The van der Waals surface area contributed by atoms with Crippen LogP contribution in [-0.2, 0) is 0 Å². The van der Waals surface area contributed by atoms with Crippen LogP contribution in [0.4, 0.5) is 0 Å². The first-order valence-electron chi connectivity index (χ1n) is 9.71. The molecular weight excluding hydrogens is 358 g/mol. The molecule has 1 amide bonds. The molecule has 1 aliphatic carbocycles. The van der Waals surface area contributed by atoms with Crippen molar-refractivity contribution in [3.8, 4) is 11.5 Å². The topological polar surface area (TPSA) is 73.7 Å². The SMILES string of the molecule is COc1ccc(OC)c(C(=O)N2CCC(n3nc(C4CC4)ccc3=O)CC2)c1. The van der Waals surface area contributed by atoms with E-state index < -0.39 is 0 Å². The van der Waals surface area contributed by atoms with E-state index in [9.17, 15) is 9.59 Å². The highest BCUT2D eigenvalue weighted by atomic mass is 16.5. The van der Waals surface area contributed by atoms with Gasteiger partial charge in [-0.05, 0) is 49.9 Å². The Morgan fingerprint density at radius 3 is 2.43 bits per heavy atom. The molecule has 7 heteroatoms. The Balaban J connectivity index is 1.48. The van der Waals surface area contributed by atoms with E-state index in [1.165, 1.54) is 0 Å². The number of benzene rings is 1. The summed E-state index contributed by atoms with van der Waals surface area (Å²) in [5.74, 6) is 1.57. The van der Waals surface area contributed by atoms with Crippen LogP contribution in [0.2, 0.25) is 0 Å². The number of nitrogens with zero attached hydrogens (tertiary/aromatic N) is 3. The van der Waals surface area contributed by atoms with Crippen molar-refractivity contribution in [3.63, 3.8) is 0 Å². The predicted molar refractivity (Wildman–Crippen MR) is 104 cm³/mol. The van der Waals surface area contributed by atoms with Gasteiger partial charge in [-0.2, -0.15) is 5.10 Å². The summed E-state index contributed by atoms with van der Waals surface area (Å²) in [5.41, 5.74) is 1.44. The molecule has 28 heavy (non-hydrogen) atoms. The largest absolute Gasteiger partial charge is 0.497 e. The molecule has 7 nitrogen and oxygen atoms in total. The lowest BCUT2D eigenvalue weighted by Gasteiger charge is -2.32. The lowest BCUT2D eigenvalue weighted by molar-refractivity contribution is 0.0684. The summed E-state index contributed by atoms with van der Waals surface area (Å²) in [7, 11) is 3.12. The van der Waals surface area contributed by atoms with Crippen LogP contribution in [0.5, 0.6) is 11.5 Å². The van der Waals surface area contributed by atoms with Crippen molar-refractivity contribution in [2.45, 2.75) is 37.6 Å². The monoisotopic (exact) mass is 383 g/mol. The zero-order valence-electron chi connectivity index (χ0n) is 16.3. The van der Waals surface area contributed by atoms with Crippen LogP contribution in [0.25, 0.3) is 0 Å². The molecule has 0 atom stereocenters. The van der Waals surface area contributed by atoms with Gasteiger partial charge in [-0.1, -0.05) is 0 Å². The van der Waals surface area contributed by atoms with Crippen LogP contribution < -0.4 is 15.0 Å². The number of amides is 1. The first-order chi connectivity index (χ1) is 13.6. The van der Waals surface area contributed by atoms with Gasteiger partial charge in [0.05, 0.1) is 31.5 Å². The second-order valence-electron chi connectivity index (χ2n) is 7.40. The van der Waals surface area contributed by atoms with Crippen LogP contribution in [0, 0.1) is 0 Å². The Bertz CT molecular complexity index is 927. The Labute approximate surface area is 163 Å². The molecule has 4 rings (SSSR count). The zero-order chi connectivity index (χ0) is 19.7. The van der Waals surface area contributed by atoms with Crippen molar-refractivity contribution in [1.29, 1.82) is 0 Å². The summed E-state index contributed by atoms with van der Waals surface area (Å²) in [5, 5.41) is 4.60. The Kier molecular flexibility index (Phi) is 5.07. The highest BCUT2D eigenvalue weighted by Gasteiger charge is 2.29. The standard InChI is InChI=1S/C21H25N3O4/c1-27-16-5-7-19(28-2)17(13-16)21(26)23-11-9-15(10-12-23)24-20(25)8-6-18(22-24)14-3-4-14/h5-8,13-15H,3-4,9-12H2,1-2H3. The van der Waals surface area contributed by atoms with E-state index >= 15 is 0 Å². The molecule has 1 aliphatic heterocycles. The third-order valence-corrected chi connectivity index (χ3v) is 5.58. The van der Waals surface area contributed by atoms with Gasteiger partial charge in [0.15, 0.2) is 0 Å². The van der Waals surface area contributed by atoms with Crippen LogP contribution >= 0.6 is 0 Å². The van der Waals surface area contributed by atoms with E-state index in [2.05, 4.69) is 5.10 Å². The second kappa shape index (κ2) is 7.66. The molecule has 0 bridgehead atoms. The lowest BCUT2D eigenvalue weighted by Crippen LogP contribution is -2.41. The summed E-state index contributed by atoms with van der Waals surface area (Å²) in [6.07, 6.45) is 3.72. The molecule has 1 saturated carbocycles. The van der Waals surface area contributed by atoms with Gasteiger partial charge in [0.25, 0.3) is 11.5 Å². The smallest absolute Gasteiger partial charge is 0.267 e. The molecule has 2 aromatic rings. The predicted octanol–water partition coefficient (Wildman–Crippen LogP) is 2.62. The fourth-order valence-electron chi connectivity index (χ4n) is 3.76. The fraction of sp³-hybridized carbons (Fsp3) is 0.476. The van der Waals surface area contributed by atoms with Crippen molar-refractivity contribution in [1.82, 2.24) is 14.7 Å². The van der Waals surface area contributed by atoms with Crippen LogP contribution in [0.15, 0.2) is 35.1 Å². The molecule has 0 N–H and O–H groups in total. The van der Waals surface area contributed by atoms with Crippen LogP contribution in [0.3, 0.4) is 0 Å². The van der Waals surface area contributed by atoms with E-state index in [0.717, 1.165) is 18.5 Å². The normalized spacial score (nSPS) is 17.4. The third kappa shape index (κ3) is 3.61. The summed E-state index contributed by atoms with van der Waals surface area (Å²) < 4.78 is 12.2. The number of ether oxygens (including phenoxy) is 2. The number of carbonyl (C=O) groups excluding carboxylic acids is 1. The number of hydrogen-bond acceptors (Lipinski definition) is 5. The third-order valence-electron chi connectivity index (χ3n) is 5.58. The van der Waals surface area contributed by atoms with Gasteiger partial charge in [-0.3, -0.25) is 9.59 Å².